The van der Waals surface area contributed by atoms with Crippen molar-refractivity contribution in [1.82, 2.24) is 0 Å². The van der Waals surface area contributed by atoms with Gasteiger partial charge >= 0.3 is 0 Å². The van der Waals surface area contributed by atoms with Crippen LogP contribution in [0, 0.1) is 5.82 Å². The molecule has 0 unspecified atom stereocenters. The lowest BCUT2D eigenvalue weighted by molar-refractivity contribution is 0.410. The Hall–Kier alpha value is -2.23. The fourth-order valence-electron chi connectivity index (χ4n) is 2.13. The first-order valence-corrected chi connectivity index (χ1v) is 6.57. The maximum Gasteiger partial charge on any atom is 0.131 e. The van der Waals surface area contributed by atoms with Crippen LogP contribution in [0.1, 0.15) is 12.5 Å². The van der Waals surface area contributed by atoms with Crippen molar-refractivity contribution in [2.75, 3.05) is 24.3 Å². The Balaban J connectivity index is 2.25. The van der Waals surface area contributed by atoms with Gasteiger partial charge in [-0.05, 0) is 25.1 Å². The first-order valence-electron chi connectivity index (χ1n) is 6.57. The molecule has 0 heterocycles. The molecule has 0 saturated carbocycles. The van der Waals surface area contributed by atoms with Crippen LogP contribution in [-0.2, 0) is 6.54 Å². The Labute approximate surface area is 118 Å². The highest BCUT2D eigenvalue weighted by molar-refractivity contribution is 5.67. The van der Waals surface area contributed by atoms with Crippen LogP contribution in [0.4, 0.5) is 15.8 Å². The fraction of sp³-hybridized carbons (Fsp3) is 0.250. The van der Waals surface area contributed by atoms with Crippen LogP contribution in [-0.4, -0.2) is 13.7 Å². The summed E-state index contributed by atoms with van der Waals surface area (Å²) in [4.78, 5) is 2.04. The second-order valence-electron chi connectivity index (χ2n) is 4.53. The molecule has 20 heavy (non-hydrogen) atoms. The highest BCUT2D eigenvalue weighted by atomic mass is 19.1. The third-order valence-electron chi connectivity index (χ3n) is 3.28. The van der Waals surface area contributed by atoms with Crippen LogP contribution < -0.4 is 15.4 Å². The molecule has 2 N–H and O–H groups in total. The predicted molar refractivity (Wildman–Crippen MR) is 80.5 cm³/mol. The van der Waals surface area contributed by atoms with E-state index in [2.05, 4.69) is 0 Å². The number of hydrogen-bond donors (Lipinski definition) is 1. The number of rotatable bonds is 5. The average Bonchev–Trinajstić information content (AvgIpc) is 2.47. The number of benzene rings is 2. The minimum Gasteiger partial charge on any atom is -0.497 e. The van der Waals surface area contributed by atoms with Gasteiger partial charge in [-0.2, -0.15) is 0 Å². The second-order valence-corrected chi connectivity index (χ2v) is 4.53. The van der Waals surface area contributed by atoms with E-state index in [1.165, 1.54) is 13.2 Å². The van der Waals surface area contributed by atoms with E-state index in [1.807, 2.05) is 36.1 Å². The Kier molecular flexibility index (Phi) is 4.45. The zero-order valence-corrected chi connectivity index (χ0v) is 11.8. The molecule has 0 fully saturated rings. The van der Waals surface area contributed by atoms with Crippen molar-refractivity contribution in [3.8, 4) is 5.75 Å². The van der Waals surface area contributed by atoms with Crippen LogP contribution >= 0.6 is 0 Å². The molecule has 2 rings (SSSR count). The van der Waals surface area contributed by atoms with Crippen molar-refractivity contribution in [1.29, 1.82) is 0 Å². The summed E-state index contributed by atoms with van der Waals surface area (Å²) in [6.07, 6.45) is 0. The Morgan fingerprint density at radius 2 is 1.95 bits per heavy atom. The monoisotopic (exact) mass is 274 g/mol. The maximum atomic E-state index is 14.0. The largest absolute Gasteiger partial charge is 0.497 e. The smallest absolute Gasteiger partial charge is 0.131 e. The third kappa shape index (κ3) is 3.02. The van der Waals surface area contributed by atoms with Crippen molar-refractivity contribution in [2.45, 2.75) is 13.5 Å². The van der Waals surface area contributed by atoms with Gasteiger partial charge in [0, 0.05) is 24.7 Å². The van der Waals surface area contributed by atoms with Crippen LogP contribution in [0.25, 0.3) is 0 Å². The molecule has 106 valence electrons. The van der Waals surface area contributed by atoms with Gasteiger partial charge in [-0.3, -0.25) is 0 Å². The van der Waals surface area contributed by atoms with Crippen molar-refractivity contribution in [2.24, 2.45) is 0 Å². The van der Waals surface area contributed by atoms with Gasteiger partial charge in [0.1, 0.15) is 11.6 Å². The number of anilines is 2. The second kappa shape index (κ2) is 6.28. The van der Waals surface area contributed by atoms with E-state index in [-0.39, 0.29) is 5.82 Å². The number of halogens is 1. The number of nitrogens with zero attached hydrogens (tertiary/aromatic N) is 1. The molecule has 0 saturated heterocycles. The lowest BCUT2D eigenvalue weighted by Gasteiger charge is -2.25. The zero-order chi connectivity index (χ0) is 14.5. The van der Waals surface area contributed by atoms with Crippen LogP contribution in [0.2, 0.25) is 0 Å². The Bertz CT molecular complexity index is 586. The summed E-state index contributed by atoms with van der Waals surface area (Å²) in [7, 11) is 1.53. The molecule has 2 aromatic rings. The molecule has 0 aromatic heterocycles. The van der Waals surface area contributed by atoms with E-state index in [1.54, 1.807) is 12.1 Å². The van der Waals surface area contributed by atoms with E-state index in [9.17, 15) is 4.39 Å². The molecule has 0 spiro atoms. The molecule has 0 atom stereocenters. The van der Waals surface area contributed by atoms with Gasteiger partial charge in [0.2, 0.25) is 0 Å². The average molecular weight is 274 g/mol. The van der Waals surface area contributed by atoms with Crippen LogP contribution in [0.5, 0.6) is 5.75 Å². The number of ether oxygens (including phenoxy) is 1. The normalized spacial score (nSPS) is 10.3. The number of hydrogen-bond acceptors (Lipinski definition) is 3. The van der Waals surface area contributed by atoms with Gasteiger partial charge in [-0.15, -0.1) is 0 Å². The predicted octanol–water partition coefficient (Wildman–Crippen LogP) is 3.44. The van der Waals surface area contributed by atoms with Gasteiger partial charge in [0.25, 0.3) is 0 Å². The molecule has 0 aliphatic carbocycles. The molecule has 3 nitrogen and oxygen atoms in total. The molecule has 2 aromatic carbocycles. The van der Waals surface area contributed by atoms with Crippen LogP contribution in [0.15, 0.2) is 42.5 Å². The van der Waals surface area contributed by atoms with Gasteiger partial charge in [-0.25, -0.2) is 4.39 Å². The molecular weight excluding hydrogens is 255 g/mol. The van der Waals surface area contributed by atoms with Crippen molar-refractivity contribution in [3.63, 3.8) is 0 Å². The summed E-state index contributed by atoms with van der Waals surface area (Å²) >= 11 is 0. The van der Waals surface area contributed by atoms with Crippen molar-refractivity contribution >= 4 is 11.4 Å². The fourth-order valence-corrected chi connectivity index (χ4v) is 2.13. The molecule has 0 aliphatic heterocycles. The van der Waals surface area contributed by atoms with Crippen molar-refractivity contribution < 1.29 is 9.13 Å². The summed E-state index contributed by atoms with van der Waals surface area (Å²) in [5.74, 6) is 0.255. The standard InChI is InChI=1S/C16H19FN2O/c1-3-19(16-7-5-4-6-15(16)18)11-12-8-9-13(20-2)10-14(12)17/h4-10H,3,11,18H2,1-2H3. The van der Waals surface area contributed by atoms with Gasteiger partial charge < -0.3 is 15.4 Å². The minimum absolute atomic E-state index is 0.266. The van der Waals surface area contributed by atoms with Gasteiger partial charge in [-0.1, -0.05) is 18.2 Å². The summed E-state index contributed by atoms with van der Waals surface area (Å²) in [5, 5.41) is 0. The first-order chi connectivity index (χ1) is 9.65. The highest BCUT2D eigenvalue weighted by Crippen LogP contribution is 2.25. The molecule has 0 aliphatic rings. The van der Waals surface area contributed by atoms with Crippen molar-refractivity contribution in [3.05, 3.63) is 53.8 Å². The topological polar surface area (TPSA) is 38.5 Å². The Morgan fingerprint density at radius 3 is 2.55 bits per heavy atom. The molecule has 0 radical (unpaired) electrons. The molecule has 0 bridgehead atoms. The summed E-state index contributed by atoms with van der Waals surface area (Å²) in [6.45, 7) is 3.24. The molecular formula is C16H19FN2O. The summed E-state index contributed by atoms with van der Waals surface area (Å²) < 4.78 is 19.0. The highest BCUT2D eigenvalue weighted by Gasteiger charge is 2.11. The first kappa shape index (κ1) is 14.2. The van der Waals surface area contributed by atoms with Gasteiger partial charge in [0.15, 0.2) is 0 Å². The number of methoxy groups -OCH3 is 1. The lowest BCUT2D eigenvalue weighted by atomic mass is 10.1. The SMILES string of the molecule is CCN(Cc1ccc(OC)cc1F)c1ccccc1N. The van der Waals surface area contributed by atoms with E-state index in [0.29, 0.717) is 23.5 Å². The quantitative estimate of drug-likeness (QED) is 0.849. The third-order valence-corrected chi connectivity index (χ3v) is 3.28. The van der Waals surface area contributed by atoms with Gasteiger partial charge in [0.05, 0.1) is 18.5 Å². The van der Waals surface area contributed by atoms with E-state index in [4.69, 9.17) is 10.5 Å². The number of para-hydroxylation sites is 2. The Morgan fingerprint density at radius 1 is 1.20 bits per heavy atom. The minimum atomic E-state index is -0.266. The van der Waals surface area contributed by atoms with E-state index in [0.717, 1.165) is 12.2 Å². The molecule has 4 heteroatoms. The number of nitrogen functional groups attached to an aromatic ring is 1. The summed E-state index contributed by atoms with van der Waals surface area (Å²) in [5.41, 5.74) is 8.22. The number of nitrogens with two attached hydrogens (primary N) is 1. The lowest BCUT2D eigenvalue weighted by Crippen LogP contribution is -2.23. The van der Waals surface area contributed by atoms with E-state index < -0.39 is 0 Å². The zero-order valence-electron chi connectivity index (χ0n) is 11.8. The van der Waals surface area contributed by atoms with Crippen LogP contribution in [0.3, 0.4) is 0 Å². The van der Waals surface area contributed by atoms with E-state index >= 15 is 0 Å². The summed E-state index contributed by atoms with van der Waals surface area (Å²) in [6, 6.07) is 12.5. The maximum absolute atomic E-state index is 14.0. The molecule has 0 amide bonds.